The van der Waals surface area contributed by atoms with Gasteiger partial charge in [0, 0.05) is 49.7 Å². The maximum absolute atomic E-state index is 12.7. The van der Waals surface area contributed by atoms with E-state index in [1.165, 1.54) is 0 Å². The molecular formula is C20H22N4O2. The number of hydrogen-bond acceptors (Lipinski definition) is 4. The van der Waals surface area contributed by atoms with E-state index in [0.29, 0.717) is 12.0 Å². The van der Waals surface area contributed by atoms with Crippen LogP contribution in [0.25, 0.3) is 0 Å². The number of nitrogens with zero attached hydrogens (tertiary/aromatic N) is 2. The van der Waals surface area contributed by atoms with Crippen LogP contribution < -0.4 is 10.7 Å². The molecule has 0 spiro atoms. The first kappa shape index (κ1) is 16.7. The van der Waals surface area contributed by atoms with E-state index in [-0.39, 0.29) is 17.7 Å². The van der Waals surface area contributed by atoms with Gasteiger partial charge in [0.2, 0.25) is 0 Å². The molecule has 2 N–H and O–H groups in total. The van der Waals surface area contributed by atoms with Crippen molar-refractivity contribution in [1.82, 2.24) is 15.6 Å². The van der Waals surface area contributed by atoms with Gasteiger partial charge in [0.15, 0.2) is 0 Å². The number of amides is 2. The SMILES string of the molecule is O=C1NN=C(Cc2cccc(C(=O)N3CCNCC3)c2)C2CC=CC=C12. The Labute approximate surface area is 152 Å². The zero-order valence-electron chi connectivity index (χ0n) is 14.6. The molecule has 1 saturated heterocycles. The van der Waals surface area contributed by atoms with Crippen LogP contribution in [0.1, 0.15) is 22.3 Å². The van der Waals surface area contributed by atoms with E-state index in [0.717, 1.165) is 49.4 Å². The van der Waals surface area contributed by atoms with Crippen LogP contribution in [0.5, 0.6) is 0 Å². The van der Waals surface area contributed by atoms with Gasteiger partial charge in [0.05, 0.1) is 5.71 Å². The van der Waals surface area contributed by atoms with Crippen molar-refractivity contribution in [1.29, 1.82) is 0 Å². The third kappa shape index (κ3) is 3.32. The highest BCUT2D eigenvalue weighted by Crippen LogP contribution is 2.26. The highest BCUT2D eigenvalue weighted by Gasteiger charge is 2.30. The van der Waals surface area contributed by atoms with Gasteiger partial charge in [0.1, 0.15) is 0 Å². The van der Waals surface area contributed by atoms with Crippen molar-refractivity contribution in [2.24, 2.45) is 11.0 Å². The first-order valence-corrected chi connectivity index (χ1v) is 9.05. The summed E-state index contributed by atoms with van der Waals surface area (Å²) in [6.45, 7) is 3.16. The van der Waals surface area contributed by atoms with E-state index < -0.39 is 0 Å². The molecule has 1 fully saturated rings. The molecule has 0 bridgehead atoms. The number of hydrogen-bond donors (Lipinski definition) is 2. The second-order valence-corrected chi connectivity index (χ2v) is 6.80. The fourth-order valence-corrected chi connectivity index (χ4v) is 3.68. The largest absolute Gasteiger partial charge is 0.336 e. The molecule has 6 heteroatoms. The van der Waals surface area contributed by atoms with Crippen molar-refractivity contribution in [2.45, 2.75) is 12.8 Å². The van der Waals surface area contributed by atoms with Gasteiger partial charge in [-0.05, 0) is 24.1 Å². The Kier molecular flexibility index (Phi) is 4.67. The highest BCUT2D eigenvalue weighted by molar-refractivity contribution is 6.07. The van der Waals surface area contributed by atoms with Crippen molar-refractivity contribution in [3.63, 3.8) is 0 Å². The molecular weight excluding hydrogens is 328 g/mol. The first-order valence-electron chi connectivity index (χ1n) is 9.05. The summed E-state index contributed by atoms with van der Waals surface area (Å²) in [6.07, 6.45) is 7.26. The fourth-order valence-electron chi connectivity index (χ4n) is 3.68. The second kappa shape index (κ2) is 7.25. The summed E-state index contributed by atoms with van der Waals surface area (Å²) in [4.78, 5) is 26.6. The number of carbonyl (C=O) groups excluding carboxylic acids is 2. The number of fused-ring (bicyclic) bond motifs is 1. The second-order valence-electron chi connectivity index (χ2n) is 6.80. The van der Waals surface area contributed by atoms with E-state index >= 15 is 0 Å². The first-order chi connectivity index (χ1) is 12.7. The summed E-state index contributed by atoms with van der Waals surface area (Å²) in [5, 5.41) is 7.55. The van der Waals surface area contributed by atoms with Crippen molar-refractivity contribution < 1.29 is 9.59 Å². The number of carbonyl (C=O) groups is 2. The van der Waals surface area contributed by atoms with Gasteiger partial charge in [-0.25, -0.2) is 5.43 Å². The van der Waals surface area contributed by atoms with Crippen molar-refractivity contribution >= 4 is 17.5 Å². The van der Waals surface area contributed by atoms with Crippen LogP contribution in [-0.2, 0) is 11.2 Å². The normalized spacial score (nSPS) is 22.2. The van der Waals surface area contributed by atoms with Crippen LogP contribution in [0.4, 0.5) is 0 Å². The maximum Gasteiger partial charge on any atom is 0.267 e. The Morgan fingerprint density at radius 2 is 2.12 bits per heavy atom. The van der Waals surface area contributed by atoms with Gasteiger partial charge < -0.3 is 10.2 Å². The van der Waals surface area contributed by atoms with E-state index in [1.54, 1.807) is 0 Å². The number of benzene rings is 1. The molecule has 2 aliphatic heterocycles. The molecule has 1 atom stereocenters. The van der Waals surface area contributed by atoms with Crippen LogP contribution in [0, 0.1) is 5.92 Å². The van der Waals surface area contributed by atoms with E-state index in [1.807, 2.05) is 41.3 Å². The third-order valence-electron chi connectivity index (χ3n) is 5.09. The molecule has 1 unspecified atom stereocenters. The number of hydrazone groups is 1. The van der Waals surface area contributed by atoms with E-state index in [4.69, 9.17) is 0 Å². The summed E-state index contributed by atoms with van der Waals surface area (Å²) >= 11 is 0. The van der Waals surface area contributed by atoms with Gasteiger partial charge in [-0.1, -0.05) is 30.4 Å². The molecule has 2 amide bonds. The lowest BCUT2D eigenvalue weighted by Crippen LogP contribution is -2.46. The standard InChI is InChI=1S/C20H22N4O2/c25-19-17-7-2-1-6-16(17)18(22-23-19)13-14-4-3-5-15(12-14)20(26)24-10-8-21-9-11-24/h1-5,7,12,16,21H,6,8-11,13H2,(H,23,25). The molecule has 134 valence electrons. The van der Waals surface area contributed by atoms with Crippen LogP contribution in [-0.4, -0.2) is 48.6 Å². The Balaban J connectivity index is 1.52. The Bertz CT molecular complexity index is 819. The molecule has 0 radical (unpaired) electrons. The molecule has 2 heterocycles. The van der Waals surface area contributed by atoms with Gasteiger partial charge in [-0.15, -0.1) is 0 Å². The van der Waals surface area contributed by atoms with Crippen molar-refractivity contribution in [3.05, 3.63) is 59.2 Å². The quantitative estimate of drug-likeness (QED) is 0.862. The van der Waals surface area contributed by atoms with Gasteiger partial charge in [-0.3, -0.25) is 9.59 Å². The molecule has 0 saturated carbocycles. The average Bonchev–Trinajstić information content (AvgIpc) is 2.71. The third-order valence-corrected chi connectivity index (χ3v) is 5.09. The summed E-state index contributed by atoms with van der Waals surface area (Å²) in [6, 6.07) is 7.75. The van der Waals surface area contributed by atoms with Gasteiger partial charge in [0.25, 0.3) is 11.8 Å². The molecule has 1 aromatic carbocycles. The Morgan fingerprint density at radius 3 is 2.96 bits per heavy atom. The van der Waals surface area contributed by atoms with Gasteiger partial charge in [-0.2, -0.15) is 5.10 Å². The highest BCUT2D eigenvalue weighted by atomic mass is 16.2. The summed E-state index contributed by atoms with van der Waals surface area (Å²) in [7, 11) is 0. The van der Waals surface area contributed by atoms with E-state index in [9.17, 15) is 9.59 Å². The topological polar surface area (TPSA) is 73.8 Å². The molecule has 0 aromatic heterocycles. The summed E-state index contributed by atoms with van der Waals surface area (Å²) in [5.41, 5.74) is 6.06. The molecule has 4 rings (SSSR count). The number of allylic oxidation sites excluding steroid dienone is 3. The molecule has 1 aromatic rings. The minimum atomic E-state index is -0.120. The zero-order valence-corrected chi connectivity index (χ0v) is 14.6. The minimum absolute atomic E-state index is 0.0290. The number of nitrogens with one attached hydrogen (secondary N) is 2. The van der Waals surface area contributed by atoms with Crippen LogP contribution >= 0.6 is 0 Å². The van der Waals surface area contributed by atoms with Crippen LogP contribution in [0.2, 0.25) is 0 Å². The molecule has 1 aliphatic carbocycles. The van der Waals surface area contributed by atoms with E-state index in [2.05, 4.69) is 21.9 Å². The smallest absolute Gasteiger partial charge is 0.267 e. The number of piperazine rings is 1. The van der Waals surface area contributed by atoms with Crippen molar-refractivity contribution in [3.8, 4) is 0 Å². The predicted molar refractivity (Wildman–Crippen MR) is 99.8 cm³/mol. The number of rotatable bonds is 3. The zero-order chi connectivity index (χ0) is 17.9. The van der Waals surface area contributed by atoms with Crippen LogP contribution in [0.3, 0.4) is 0 Å². The lowest BCUT2D eigenvalue weighted by molar-refractivity contribution is -0.118. The maximum atomic E-state index is 12.7. The summed E-state index contributed by atoms with van der Waals surface area (Å²) < 4.78 is 0. The fraction of sp³-hybridized carbons (Fsp3) is 0.350. The molecule has 26 heavy (non-hydrogen) atoms. The van der Waals surface area contributed by atoms with Crippen LogP contribution in [0.15, 0.2) is 53.2 Å². The lowest BCUT2D eigenvalue weighted by Gasteiger charge is -2.28. The predicted octanol–water partition coefficient (Wildman–Crippen LogP) is 1.26. The average molecular weight is 350 g/mol. The Hall–Kier alpha value is -2.73. The molecule has 6 nitrogen and oxygen atoms in total. The molecule has 3 aliphatic rings. The minimum Gasteiger partial charge on any atom is -0.336 e. The van der Waals surface area contributed by atoms with Crippen molar-refractivity contribution in [2.75, 3.05) is 26.2 Å². The lowest BCUT2D eigenvalue weighted by atomic mass is 9.83. The van der Waals surface area contributed by atoms with Gasteiger partial charge >= 0.3 is 0 Å². The summed E-state index contributed by atoms with van der Waals surface area (Å²) in [5.74, 6) is -0.0135. The Morgan fingerprint density at radius 1 is 1.27 bits per heavy atom. The monoisotopic (exact) mass is 350 g/mol.